The van der Waals surface area contributed by atoms with E-state index < -0.39 is 11.3 Å². The van der Waals surface area contributed by atoms with Crippen LogP contribution in [0, 0.1) is 6.92 Å². The van der Waals surface area contributed by atoms with Crippen LogP contribution in [0.1, 0.15) is 5.56 Å². The zero-order chi connectivity index (χ0) is 13.0. The molecule has 0 spiro atoms. The Balaban J connectivity index is 2.73. The summed E-state index contributed by atoms with van der Waals surface area (Å²) < 4.78 is 4.74. The number of ether oxygens (including phenoxy) is 1. The van der Waals surface area contributed by atoms with E-state index in [1.165, 1.54) is 0 Å². The summed E-state index contributed by atoms with van der Waals surface area (Å²) in [4.78, 5) is 11.6. The molecule has 0 bridgehead atoms. The number of esters is 1. The van der Waals surface area contributed by atoms with Crippen molar-refractivity contribution >= 4 is 52.4 Å². The van der Waals surface area contributed by atoms with Crippen molar-refractivity contribution in [2.24, 2.45) is 0 Å². The van der Waals surface area contributed by atoms with E-state index in [1.807, 2.05) is 6.92 Å². The molecule has 0 aliphatic rings. The third-order valence-electron chi connectivity index (χ3n) is 1.85. The molecule has 1 aromatic carbocycles. The number of aryl methyl sites for hydroxylation is 1. The molecule has 92 valence electrons. The molecular formula is C11H8Cl4O2. The predicted octanol–water partition coefficient (Wildman–Crippen LogP) is 4.39. The van der Waals surface area contributed by atoms with E-state index in [0.717, 1.165) is 5.56 Å². The standard InChI is InChI=1S/C11H8Cl4O2/c1-6-2-4-7(5-3-6)17-11(16)9(13)8(12)10(14)15/h2-5,9H,1H3. The fraction of sp³-hybridized carbons (Fsp3) is 0.182. The third kappa shape index (κ3) is 4.40. The van der Waals surface area contributed by atoms with E-state index in [9.17, 15) is 4.79 Å². The number of carbonyl (C=O) groups is 1. The summed E-state index contributed by atoms with van der Waals surface area (Å²) in [6.45, 7) is 1.92. The molecule has 1 rings (SSSR count). The van der Waals surface area contributed by atoms with Crippen LogP contribution in [0.5, 0.6) is 5.75 Å². The third-order valence-corrected chi connectivity index (χ3v) is 3.37. The molecular weight excluding hydrogens is 306 g/mol. The van der Waals surface area contributed by atoms with Crippen LogP contribution in [0.15, 0.2) is 33.8 Å². The van der Waals surface area contributed by atoms with Crippen LogP contribution in [0.2, 0.25) is 0 Å². The van der Waals surface area contributed by atoms with Crippen molar-refractivity contribution in [3.8, 4) is 5.75 Å². The molecule has 0 heterocycles. The first-order valence-electron chi connectivity index (χ1n) is 4.55. The molecule has 1 aromatic rings. The van der Waals surface area contributed by atoms with E-state index in [-0.39, 0.29) is 9.52 Å². The van der Waals surface area contributed by atoms with Crippen molar-refractivity contribution in [1.82, 2.24) is 0 Å². The topological polar surface area (TPSA) is 26.3 Å². The second-order valence-electron chi connectivity index (χ2n) is 3.21. The Morgan fingerprint density at radius 2 is 1.71 bits per heavy atom. The fourth-order valence-corrected chi connectivity index (χ4v) is 1.55. The summed E-state index contributed by atoms with van der Waals surface area (Å²) in [7, 11) is 0. The quantitative estimate of drug-likeness (QED) is 0.470. The molecule has 0 aromatic heterocycles. The smallest absolute Gasteiger partial charge is 0.335 e. The minimum Gasteiger partial charge on any atom is -0.425 e. The van der Waals surface area contributed by atoms with Gasteiger partial charge in [-0.25, -0.2) is 4.79 Å². The number of halogens is 4. The summed E-state index contributed by atoms with van der Waals surface area (Å²) in [5.74, 6) is -0.360. The lowest BCUT2D eigenvalue weighted by Crippen LogP contribution is -2.21. The first kappa shape index (κ1) is 14.7. The molecule has 0 aliphatic heterocycles. The van der Waals surface area contributed by atoms with Crippen LogP contribution in [-0.2, 0) is 4.79 Å². The van der Waals surface area contributed by atoms with Gasteiger partial charge in [-0.15, -0.1) is 11.6 Å². The first-order chi connectivity index (χ1) is 7.91. The number of hydrogen-bond donors (Lipinski definition) is 0. The zero-order valence-corrected chi connectivity index (χ0v) is 11.7. The highest BCUT2D eigenvalue weighted by atomic mass is 35.5. The normalized spacial score (nSPS) is 11.8. The van der Waals surface area contributed by atoms with Gasteiger partial charge >= 0.3 is 5.97 Å². The molecule has 0 radical (unpaired) electrons. The van der Waals surface area contributed by atoms with Gasteiger partial charge in [0, 0.05) is 0 Å². The maximum atomic E-state index is 11.6. The second kappa shape index (κ2) is 6.50. The molecule has 0 aliphatic carbocycles. The van der Waals surface area contributed by atoms with E-state index in [0.29, 0.717) is 5.75 Å². The summed E-state index contributed by atoms with van der Waals surface area (Å²) in [5.41, 5.74) is 1.05. The van der Waals surface area contributed by atoms with Crippen molar-refractivity contribution in [2.75, 3.05) is 0 Å². The van der Waals surface area contributed by atoms with Gasteiger partial charge < -0.3 is 4.74 Å². The molecule has 0 saturated heterocycles. The van der Waals surface area contributed by atoms with Gasteiger partial charge in [-0.1, -0.05) is 52.5 Å². The Kier molecular flexibility index (Phi) is 5.60. The number of rotatable bonds is 3. The molecule has 6 heteroatoms. The lowest BCUT2D eigenvalue weighted by molar-refractivity contribution is -0.133. The first-order valence-corrected chi connectivity index (χ1v) is 6.12. The Morgan fingerprint density at radius 1 is 1.18 bits per heavy atom. The summed E-state index contributed by atoms with van der Waals surface area (Å²) >= 11 is 22.2. The van der Waals surface area contributed by atoms with Crippen LogP contribution in [0.3, 0.4) is 0 Å². The average molecular weight is 314 g/mol. The van der Waals surface area contributed by atoms with Crippen molar-refractivity contribution in [1.29, 1.82) is 0 Å². The molecule has 1 atom stereocenters. The van der Waals surface area contributed by atoms with E-state index in [2.05, 4.69) is 0 Å². The molecule has 0 saturated carbocycles. The van der Waals surface area contributed by atoms with Crippen molar-refractivity contribution in [3.63, 3.8) is 0 Å². The molecule has 0 fully saturated rings. The van der Waals surface area contributed by atoms with Gasteiger partial charge in [0.1, 0.15) is 10.2 Å². The lowest BCUT2D eigenvalue weighted by atomic mass is 10.2. The maximum absolute atomic E-state index is 11.6. The van der Waals surface area contributed by atoms with E-state index in [1.54, 1.807) is 24.3 Å². The fourth-order valence-electron chi connectivity index (χ4n) is 0.973. The van der Waals surface area contributed by atoms with Crippen molar-refractivity contribution in [3.05, 3.63) is 39.4 Å². The molecule has 2 nitrogen and oxygen atoms in total. The van der Waals surface area contributed by atoms with Crippen LogP contribution >= 0.6 is 46.4 Å². The van der Waals surface area contributed by atoms with Gasteiger partial charge in [0.2, 0.25) is 0 Å². The van der Waals surface area contributed by atoms with Gasteiger partial charge in [-0.3, -0.25) is 0 Å². The van der Waals surface area contributed by atoms with Gasteiger partial charge in [-0.05, 0) is 19.1 Å². The number of benzene rings is 1. The Bertz CT molecular complexity index is 435. The van der Waals surface area contributed by atoms with Crippen LogP contribution < -0.4 is 4.74 Å². The molecule has 0 N–H and O–H groups in total. The Hall–Kier alpha value is -0.410. The van der Waals surface area contributed by atoms with E-state index >= 15 is 0 Å². The summed E-state index contributed by atoms with van der Waals surface area (Å²) in [5, 5.41) is -1.38. The largest absolute Gasteiger partial charge is 0.425 e. The highest BCUT2D eigenvalue weighted by Crippen LogP contribution is 2.26. The van der Waals surface area contributed by atoms with E-state index in [4.69, 9.17) is 51.1 Å². The van der Waals surface area contributed by atoms with Gasteiger partial charge in [-0.2, -0.15) is 0 Å². The number of alkyl halides is 1. The molecule has 0 amide bonds. The van der Waals surface area contributed by atoms with Crippen LogP contribution in [0.4, 0.5) is 0 Å². The molecule has 1 unspecified atom stereocenters. The van der Waals surface area contributed by atoms with Crippen molar-refractivity contribution in [2.45, 2.75) is 12.3 Å². The van der Waals surface area contributed by atoms with Gasteiger partial charge in [0.15, 0.2) is 5.38 Å². The van der Waals surface area contributed by atoms with Crippen molar-refractivity contribution < 1.29 is 9.53 Å². The van der Waals surface area contributed by atoms with Gasteiger partial charge in [0.05, 0.1) is 5.03 Å². The Morgan fingerprint density at radius 3 is 2.18 bits per heavy atom. The average Bonchev–Trinajstić information content (AvgIpc) is 2.30. The van der Waals surface area contributed by atoms with Crippen LogP contribution in [-0.4, -0.2) is 11.3 Å². The monoisotopic (exact) mass is 312 g/mol. The Labute approximate surface area is 119 Å². The lowest BCUT2D eigenvalue weighted by Gasteiger charge is -2.09. The summed E-state index contributed by atoms with van der Waals surface area (Å²) in [6.07, 6.45) is 0. The maximum Gasteiger partial charge on any atom is 0.335 e. The highest BCUT2D eigenvalue weighted by molar-refractivity contribution is 6.61. The van der Waals surface area contributed by atoms with Gasteiger partial charge in [0.25, 0.3) is 0 Å². The minimum absolute atomic E-state index is 0.160. The SMILES string of the molecule is Cc1ccc(OC(=O)C(Cl)C(Cl)=C(Cl)Cl)cc1. The number of hydrogen-bond acceptors (Lipinski definition) is 2. The minimum atomic E-state index is -1.22. The second-order valence-corrected chi connectivity index (χ2v) is 5.00. The number of carbonyl (C=O) groups excluding carboxylic acids is 1. The predicted molar refractivity (Wildman–Crippen MR) is 71.0 cm³/mol. The van der Waals surface area contributed by atoms with Crippen LogP contribution in [0.25, 0.3) is 0 Å². The zero-order valence-electron chi connectivity index (χ0n) is 8.72. The molecule has 17 heavy (non-hydrogen) atoms. The highest BCUT2D eigenvalue weighted by Gasteiger charge is 2.23. The summed E-state index contributed by atoms with van der Waals surface area (Å²) in [6, 6.07) is 6.91.